The molecule has 1 amide bonds. The predicted molar refractivity (Wildman–Crippen MR) is 31.9 cm³/mol. The van der Waals surface area contributed by atoms with Crippen molar-refractivity contribution in [2.75, 3.05) is 19.6 Å². The first-order valence-electron chi connectivity index (χ1n) is 2.84. The molecule has 1 fully saturated rings. The number of rotatable bonds is 0. The largest absolute Gasteiger partial charge is 0.465 e. The number of carboxylic acid groups (broad SMARTS) is 1. The average Bonchev–Trinajstić information content (AvgIpc) is 1.90. The van der Waals surface area contributed by atoms with Gasteiger partial charge in [-0.25, -0.2) is 4.79 Å². The third-order valence-corrected chi connectivity index (χ3v) is 1.23. The first-order chi connectivity index (χ1) is 4.30. The molecule has 0 aliphatic carbocycles. The fraction of sp³-hybridized carbons (Fsp3) is 0.600. The molecule has 4 heteroatoms. The summed E-state index contributed by atoms with van der Waals surface area (Å²) in [5, 5.41) is 11.4. The maximum atomic E-state index is 10.2. The number of carbonyl (C=O) groups is 1. The zero-order valence-corrected chi connectivity index (χ0v) is 5.00. The van der Waals surface area contributed by atoms with Gasteiger partial charge < -0.3 is 15.3 Å². The molecule has 2 N–H and O–H groups in total. The van der Waals surface area contributed by atoms with Crippen LogP contribution in [0.1, 0.15) is 0 Å². The summed E-state index contributed by atoms with van der Waals surface area (Å²) in [7, 11) is 0. The molecule has 0 unspecified atom stereocenters. The van der Waals surface area contributed by atoms with Crippen LogP contribution < -0.4 is 5.32 Å². The highest BCUT2D eigenvalue weighted by Crippen LogP contribution is 1.95. The topological polar surface area (TPSA) is 52.6 Å². The average molecular weight is 129 g/mol. The lowest BCUT2D eigenvalue weighted by Gasteiger charge is -2.23. The molecule has 1 aliphatic rings. The van der Waals surface area contributed by atoms with E-state index in [1.54, 1.807) is 6.54 Å². The molecule has 51 valence electrons. The highest BCUT2D eigenvalue weighted by molar-refractivity contribution is 5.65. The highest BCUT2D eigenvalue weighted by Gasteiger charge is 2.13. The minimum absolute atomic E-state index is 0.565. The van der Waals surface area contributed by atoms with Gasteiger partial charge in [0, 0.05) is 19.6 Å². The monoisotopic (exact) mass is 129 g/mol. The van der Waals surface area contributed by atoms with Crippen LogP contribution in [0.4, 0.5) is 4.79 Å². The Kier molecular flexibility index (Phi) is 1.89. The van der Waals surface area contributed by atoms with Gasteiger partial charge in [-0.1, -0.05) is 0 Å². The molecule has 1 heterocycles. The van der Waals surface area contributed by atoms with Crippen LogP contribution in [-0.2, 0) is 0 Å². The molecular formula is C5H9N2O2. The molecule has 0 aromatic carbocycles. The second kappa shape index (κ2) is 2.68. The molecule has 0 bridgehead atoms. The number of nitrogens with one attached hydrogen (secondary N) is 1. The van der Waals surface area contributed by atoms with E-state index in [9.17, 15) is 4.79 Å². The zero-order chi connectivity index (χ0) is 6.69. The van der Waals surface area contributed by atoms with E-state index in [-0.39, 0.29) is 0 Å². The summed E-state index contributed by atoms with van der Waals surface area (Å²) in [5.41, 5.74) is 0. The van der Waals surface area contributed by atoms with Gasteiger partial charge in [-0.3, -0.25) is 0 Å². The molecule has 1 aliphatic heterocycles. The van der Waals surface area contributed by atoms with Crippen LogP contribution in [0.5, 0.6) is 0 Å². The molecule has 1 rings (SSSR count). The number of piperazine rings is 1. The molecule has 0 spiro atoms. The molecule has 0 aromatic heterocycles. The molecule has 0 atom stereocenters. The third kappa shape index (κ3) is 1.57. The maximum absolute atomic E-state index is 10.2. The Labute approximate surface area is 53.5 Å². The van der Waals surface area contributed by atoms with Crippen LogP contribution in [0.15, 0.2) is 0 Å². The molecule has 1 radical (unpaired) electrons. The minimum atomic E-state index is -0.864. The van der Waals surface area contributed by atoms with Crippen molar-refractivity contribution in [3.8, 4) is 0 Å². The quantitative estimate of drug-likeness (QED) is 0.473. The Morgan fingerprint density at radius 2 is 2.56 bits per heavy atom. The maximum Gasteiger partial charge on any atom is 0.407 e. The summed E-state index contributed by atoms with van der Waals surface area (Å²) in [6.45, 7) is 3.61. The standard InChI is InChI=1S/C5H9N2O2/c8-5(9)7-3-1-6-2-4-7/h3,6H,1-2,4H2,(H,8,9). The van der Waals surface area contributed by atoms with Crippen molar-refractivity contribution < 1.29 is 9.90 Å². The van der Waals surface area contributed by atoms with E-state index in [4.69, 9.17) is 5.11 Å². The van der Waals surface area contributed by atoms with Crippen LogP contribution in [0.25, 0.3) is 0 Å². The highest BCUT2D eigenvalue weighted by atomic mass is 16.4. The molecule has 0 aromatic rings. The molecule has 4 nitrogen and oxygen atoms in total. The van der Waals surface area contributed by atoms with E-state index in [1.807, 2.05) is 0 Å². The van der Waals surface area contributed by atoms with Gasteiger partial charge in [-0.15, -0.1) is 0 Å². The lowest BCUT2D eigenvalue weighted by atomic mass is 10.4. The van der Waals surface area contributed by atoms with Crippen LogP contribution in [0.3, 0.4) is 0 Å². The Balaban J connectivity index is 2.31. The van der Waals surface area contributed by atoms with Crippen molar-refractivity contribution >= 4 is 6.09 Å². The Morgan fingerprint density at radius 3 is 2.89 bits per heavy atom. The fourth-order valence-corrected chi connectivity index (χ4v) is 0.741. The molecule has 1 saturated heterocycles. The lowest BCUT2D eigenvalue weighted by Crippen LogP contribution is -2.42. The Bertz CT molecular complexity index is 110. The van der Waals surface area contributed by atoms with Gasteiger partial charge in [0.25, 0.3) is 0 Å². The van der Waals surface area contributed by atoms with Crippen molar-refractivity contribution in [3.63, 3.8) is 0 Å². The van der Waals surface area contributed by atoms with E-state index in [0.29, 0.717) is 13.1 Å². The van der Waals surface area contributed by atoms with Crippen molar-refractivity contribution in [2.24, 2.45) is 0 Å². The van der Waals surface area contributed by atoms with Gasteiger partial charge in [0.2, 0.25) is 0 Å². The van der Waals surface area contributed by atoms with E-state index in [1.165, 1.54) is 4.90 Å². The summed E-state index contributed by atoms with van der Waals surface area (Å²) in [6, 6.07) is 0. The van der Waals surface area contributed by atoms with Gasteiger partial charge in [0.05, 0.1) is 6.54 Å². The van der Waals surface area contributed by atoms with Crippen LogP contribution in [0.2, 0.25) is 0 Å². The van der Waals surface area contributed by atoms with Crippen LogP contribution in [-0.4, -0.2) is 35.7 Å². The van der Waals surface area contributed by atoms with E-state index < -0.39 is 6.09 Å². The first-order valence-corrected chi connectivity index (χ1v) is 2.84. The summed E-state index contributed by atoms with van der Waals surface area (Å²) >= 11 is 0. The van der Waals surface area contributed by atoms with Gasteiger partial charge in [-0.2, -0.15) is 0 Å². The first kappa shape index (κ1) is 6.35. The molecule has 0 saturated carbocycles. The number of amides is 1. The zero-order valence-electron chi connectivity index (χ0n) is 5.00. The van der Waals surface area contributed by atoms with Gasteiger partial charge >= 0.3 is 6.09 Å². The minimum Gasteiger partial charge on any atom is -0.465 e. The Hall–Kier alpha value is -0.770. The second-order valence-corrected chi connectivity index (χ2v) is 1.86. The molecule has 9 heavy (non-hydrogen) atoms. The summed E-state index contributed by atoms with van der Waals surface area (Å²) < 4.78 is 0. The number of nitrogens with zero attached hydrogens (tertiary/aromatic N) is 1. The van der Waals surface area contributed by atoms with E-state index in [0.717, 1.165) is 6.54 Å². The molecular weight excluding hydrogens is 120 g/mol. The summed E-state index contributed by atoms with van der Waals surface area (Å²) in [6.07, 6.45) is -0.864. The summed E-state index contributed by atoms with van der Waals surface area (Å²) in [5.74, 6) is 0. The number of hydrogen-bond donors (Lipinski definition) is 2. The van der Waals surface area contributed by atoms with Gasteiger partial charge in [0.15, 0.2) is 0 Å². The smallest absolute Gasteiger partial charge is 0.407 e. The van der Waals surface area contributed by atoms with E-state index >= 15 is 0 Å². The van der Waals surface area contributed by atoms with E-state index in [2.05, 4.69) is 5.32 Å². The number of hydrogen-bond acceptors (Lipinski definition) is 2. The van der Waals surface area contributed by atoms with Gasteiger partial charge in [-0.05, 0) is 0 Å². The third-order valence-electron chi connectivity index (χ3n) is 1.23. The van der Waals surface area contributed by atoms with Crippen molar-refractivity contribution in [1.29, 1.82) is 0 Å². The van der Waals surface area contributed by atoms with Crippen molar-refractivity contribution in [2.45, 2.75) is 0 Å². The summed E-state index contributed by atoms with van der Waals surface area (Å²) in [4.78, 5) is 11.5. The fourth-order valence-electron chi connectivity index (χ4n) is 0.741. The van der Waals surface area contributed by atoms with Crippen molar-refractivity contribution in [3.05, 3.63) is 6.54 Å². The SMILES string of the molecule is O=C(O)N1[CH]CNCC1. The Morgan fingerprint density at radius 1 is 1.78 bits per heavy atom. The lowest BCUT2D eigenvalue weighted by molar-refractivity contribution is 0.151. The van der Waals surface area contributed by atoms with Crippen LogP contribution in [0, 0.1) is 6.54 Å². The van der Waals surface area contributed by atoms with Crippen LogP contribution >= 0.6 is 0 Å². The normalized spacial score (nSPS) is 19.8. The van der Waals surface area contributed by atoms with Crippen molar-refractivity contribution in [1.82, 2.24) is 10.2 Å². The second-order valence-electron chi connectivity index (χ2n) is 1.86. The predicted octanol–water partition coefficient (Wildman–Crippen LogP) is -0.269. The van der Waals surface area contributed by atoms with Gasteiger partial charge in [0.1, 0.15) is 0 Å².